The molecule has 1 N–H and O–H groups in total. The number of aryl methyl sites for hydroxylation is 2. The van der Waals surface area contributed by atoms with Gasteiger partial charge in [-0.1, -0.05) is 6.07 Å². The molecule has 0 aliphatic carbocycles. The highest BCUT2D eigenvalue weighted by Crippen LogP contribution is 2.25. The topological polar surface area (TPSA) is 71.3 Å². The van der Waals surface area contributed by atoms with Crippen molar-refractivity contribution in [2.45, 2.75) is 26.7 Å². The van der Waals surface area contributed by atoms with E-state index in [9.17, 15) is 4.79 Å². The van der Waals surface area contributed by atoms with Crippen molar-refractivity contribution in [3.05, 3.63) is 59.9 Å². The SMILES string of the molecule is Cc1cc(C)cc(NC(=O)C2CCN(c3ccc(-c4ccco4)nn3)CC2)c1. The third kappa shape index (κ3) is 4.06. The summed E-state index contributed by atoms with van der Waals surface area (Å²) < 4.78 is 5.35. The summed E-state index contributed by atoms with van der Waals surface area (Å²) in [6, 6.07) is 13.7. The molecule has 0 atom stereocenters. The first kappa shape index (κ1) is 18.2. The Morgan fingerprint density at radius 3 is 2.43 bits per heavy atom. The molecule has 1 fully saturated rings. The minimum Gasteiger partial charge on any atom is -0.463 e. The van der Waals surface area contributed by atoms with Crippen molar-refractivity contribution >= 4 is 17.4 Å². The third-order valence-electron chi connectivity index (χ3n) is 5.10. The zero-order valence-corrected chi connectivity index (χ0v) is 16.2. The van der Waals surface area contributed by atoms with Crippen molar-refractivity contribution in [2.24, 2.45) is 5.92 Å². The first-order chi connectivity index (χ1) is 13.6. The number of piperidine rings is 1. The molecular formula is C22H24N4O2. The van der Waals surface area contributed by atoms with Crippen LogP contribution in [0.15, 0.2) is 53.1 Å². The Morgan fingerprint density at radius 1 is 1.07 bits per heavy atom. The maximum absolute atomic E-state index is 12.6. The van der Waals surface area contributed by atoms with Gasteiger partial charge in [0.2, 0.25) is 5.91 Å². The van der Waals surface area contributed by atoms with Crippen molar-refractivity contribution in [1.82, 2.24) is 10.2 Å². The van der Waals surface area contributed by atoms with Crippen LogP contribution < -0.4 is 10.2 Å². The molecule has 1 aliphatic heterocycles. The predicted molar refractivity (Wildman–Crippen MR) is 109 cm³/mol. The summed E-state index contributed by atoms with van der Waals surface area (Å²) >= 11 is 0. The van der Waals surface area contributed by atoms with E-state index in [1.807, 2.05) is 50.2 Å². The zero-order chi connectivity index (χ0) is 19.5. The van der Waals surface area contributed by atoms with Crippen LogP contribution in [0.3, 0.4) is 0 Å². The predicted octanol–water partition coefficient (Wildman–Crippen LogP) is 4.21. The molecule has 1 aliphatic rings. The number of carbonyl (C=O) groups excluding carboxylic acids is 1. The standard InChI is InChI=1S/C22H24N4O2/c1-15-12-16(2)14-18(13-15)23-22(27)17-7-9-26(10-8-17)21-6-5-19(24-25-21)20-4-3-11-28-20/h3-6,11-14,17H,7-10H2,1-2H3,(H,23,27). The lowest BCUT2D eigenvalue weighted by Crippen LogP contribution is -2.38. The zero-order valence-electron chi connectivity index (χ0n) is 16.2. The summed E-state index contributed by atoms with van der Waals surface area (Å²) in [5.74, 6) is 1.67. The van der Waals surface area contributed by atoms with Crippen molar-refractivity contribution in [2.75, 3.05) is 23.3 Å². The van der Waals surface area contributed by atoms with Crippen molar-refractivity contribution in [3.8, 4) is 11.5 Å². The van der Waals surface area contributed by atoms with Gasteiger partial charge < -0.3 is 14.6 Å². The molecule has 0 saturated carbocycles. The van der Waals surface area contributed by atoms with Crippen molar-refractivity contribution < 1.29 is 9.21 Å². The highest BCUT2D eigenvalue weighted by atomic mass is 16.3. The van der Waals surface area contributed by atoms with Gasteiger partial charge in [-0.05, 0) is 74.2 Å². The number of hydrogen-bond acceptors (Lipinski definition) is 5. The fourth-order valence-corrected chi connectivity index (χ4v) is 3.71. The normalized spacial score (nSPS) is 14.9. The molecule has 3 aromatic rings. The average molecular weight is 376 g/mol. The van der Waals surface area contributed by atoms with Gasteiger partial charge in [-0.2, -0.15) is 0 Å². The maximum atomic E-state index is 12.6. The van der Waals surface area contributed by atoms with Gasteiger partial charge in [0.15, 0.2) is 11.6 Å². The van der Waals surface area contributed by atoms with Crippen LogP contribution in [0.4, 0.5) is 11.5 Å². The van der Waals surface area contributed by atoms with Gasteiger partial charge in [-0.25, -0.2) is 0 Å². The Bertz CT molecular complexity index is 923. The van der Waals surface area contributed by atoms with E-state index in [1.54, 1.807) is 6.26 Å². The van der Waals surface area contributed by atoms with Gasteiger partial charge >= 0.3 is 0 Å². The van der Waals surface area contributed by atoms with Crippen molar-refractivity contribution in [1.29, 1.82) is 0 Å². The van der Waals surface area contributed by atoms with Gasteiger partial charge in [-0.15, -0.1) is 10.2 Å². The third-order valence-corrected chi connectivity index (χ3v) is 5.10. The number of carbonyl (C=O) groups is 1. The van der Waals surface area contributed by atoms with E-state index in [0.717, 1.165) is 54.3 Å². The van der Waals surface area contributed by atoms with E-state index in [2.05, 4.69) is 26.5 Å². The summed E-state index contributed by atoms with van der Waals surface area (Å²) in [6.45, 7) is 5.66. The Morgan fingerprint density at radius 2 is 1.82 bits per heavy atom. The molecular weight excluding hydrogens is 352 g/mol. The number of anilines is 2. The molecule has 6 nitrogen and oxygen atoms in total. The van der Waals surface area contributed by atoms with Gasteiger partial charge in [-0.3, -0.25) is 4.79 Å². The minimum atomic E-state index is 0.0208. The first-order valence-corrected chi connectivity index (χ1v) is 9.60. The summed E-state index contributed by atoms with van der Waals surface area (Å²) in [4.78, 5) is 14.8. The van der Waals surface area contributed by atoms with E-state index in [-0.39, 0.29) is 11.8 Å². The van der Waals surface area contributed by atoms with Crippen LogP contribution in [0.25, 0.3) is 11.5 Å². The fraction of sp³-hybridized carbons (Fsp3) is 0.318. The Balaban J connectivity index is 1.34. The van der Waals surface area contributed by atoms with E-state index in [1.165, 1.54) is 0 Å². The van der Waals surface area contributed by atoms with Gasteiger partial charge in [0, 0.05) is 24.7 Å². The second-order valence-corrected chi connectivity index (χ2v) is 7.38. The van der Waals surface area contributed by atoms with E-state index < -0.39 is 0 Å². The average Bonchev–Trinajstić information content (AvgIpc) is 3.22. The first-order valence-electron chi connectivity index (χ1n) is 9.60. The highest BCUT2D eigenvalue weighted by molar-refractivity contribution is 5.92. The van der Waals surface area contributed by atoms with E-state index in [4.69, 9.17) is 4.42 Å². The van der Waals surface area contributed by atoms with Gasteiger partial charge in [0.1, 0.15) is 5.69 Å². The highest BCUT2D eigenvalue weighted by Gasteiger charge is 2.26. The van der Waals surface area contributed by atoms with Crippen LogP contribution in [-0.2, 0) is 4.79 Å². The lowest BCUT2D eigenvalue weighted by Gasteiger charge is -2.31. The molecule has 144 valence electrons. The minimum absolute atomic E-state index is 0.0208. The molecule has 0 radical (unpaired) electrons. The molecule has 0 unspecified atom stereocenters. The number of nitrogens with zero attached hydrogens (tertiary/aromatic N) is 3. The Labute approximate surface area is 164 Å². The molecule has 1 saturated heterocycles. The van der Waals surface area contributed by atoms with E-state index >= 15 is 0 Å². The second-order valence-electron chi connectivity index (χ2n) is 7.38. The number of amides is 1. The summed E-state index contributed by atoms with van der Waals surface area (Å²) in [5, 5.41) is 11.7. The summed E-state index contributed by atoms with van der Waals surface area (Å²) in [5.41, 5.74) is 3.91. The van der Waals surface area contributed by atoms with Crippen molar-refractivity contribution in [3.63, 3.8) is 0 Å². The molecule has 2 aromatic heterocycles. The number of benzene rings is 1. The lowest BCUT2D eigenvalue weighted by molar-refractivity contribution is -0.120. The lowest BCUT2D eigenvalue weighted by atomic mass is 9.95. The molecule has 6 heteroatoms. The van der Waals surface area contributed by atoms with Crippen LogP contribution in [0, 0.1) is 19.8 Å². The Hall–Kier alpha value is -3.15. The Kier molecular flexibility index (Phi) is 5.10. The van der Waals surface area contributed by atoms with E-state index in [0.29, 0.717) is 5.76 Å². The van der Waals surface area contributed by atoms with Crippen LogP contribution in [0.2, 0.25) is 0 Å². The monoisotopic (exact) mass is 376 g/mol. The van der Waals surface area contributed by atoms with Crippen LogP contribution in [0.1, 0.15) is 24.0 Å². The molecule has 4 rings (SSSR count). The number of rotatable bonds is 4. The maximum Gasteiger partial charge on any atom is 0.227 e. The van der Waals surface area contributed by atoms with Crippen LogP contribution in [0.5, 0.6) is 0 Å². The van der Waals surface area contributed by atoms with Crippen LogP contribution in [-0.4, -0.2) is 29.2 Å². The van der Waals surface area contributed by atoms with Gasteiger partial charge in [0.25, 0.3) is 0 Å². The van der Waals surface area contributed by atoms with Gasteiger partial charge in [0.05, 0.1) is 6.26 Å². The summed E-state index contributed by atoms with van der Waals surface area (Å²) in [6.07, 6.45) is 3.23. The number of aromatic nitrogens is 2. The molecule has 3 heterocycles. The fourth-order valence-electron chi connectivity index (χ4n) is 3.71. The largest absolute Gasteiger partial charge is 0.463 e. The second kappa shape index (κ2) is 7.84. The molecule has 1 amide bonds. The van der Waals surface area contributed by atoms with Crippen LogP contribution >= 0.6 is 0 Å². The molecule has 0 spiro atoms. The quantitative estimate of drug-likeness (QED) is 0.739. The number of hydrogen-bond donors (Lipinski definition) is 1. The summed E-state index contributed by atoms with van der Waals surface area (Å²) in [7, 11) is 0. The number of nitrogens with one attached hydrogen (secondary N) is 1. The molecule has 28 heavy (non-hydrogen) atoms. The smallest absolute Gasteiger partial charge is 0.227 e. The number of furan rings is 1. The molecule has 0 bridgehead atoms. The molecule has 1 aromatic carbocycles.